The Balaban J connectivity index is 1.83. The van der Waals surface area contributed by atoms with E-state index in [2.05, 4.69) is 15.3 Å². The summed E-state index contributed by atoms with van der Waals surface area (Å²) in [6.45, 7) is 5.79. The van der Waals surface area contributed by atoms with E-state index in [9.17, 15) is 4.79 Å². The van der Waals surface area contributed by atoms with Gasteiger partial charge in [0.1, 0.15) is 5.75 Å². The summed E-state index contributed by atoms with van der Waals surface area (Å²) < 4.78 is 5.58. The second kappa shape index (κ2) is 7.30. The molecular weight excluding hydrogens is 314 g/mol. The van der Waals surface area contributed by atoms with Crippen LogP contribution in [0.3, 0.4) is 0 Å². The molecular formula is C20H21N3O2. The first kappa shape index (κ1) is 16.9. The van der Waals surface area contributed by atoms with Crippen LogP contribution in [-0.4, -0.2) is 28.5 Å². The van der Waals surface area contributed by atoms with Crippen LogP contribution in [0.15, 0.2) is 48.5 Å². The number of hydrogen-bond donors (Lipinski definition) is 1. The Bertz CT molecular complexity index is 906. The summed E-state index contributed by atoms with van der Waals surface area (Å²) in [7, 11) is 0. The molecule has 0 bridgehead atoms. The Morgan fingerprint density at radius 1 is 1.12 bits per heavy atom. The van der Waals surface area contributed by atoms with Crippen molar-refractivity contribution in [3.63, 3.8) is 0 Å². The second-order valence-corrected chi connectivity index (χ2v) is 6.19. The normalized spacial score (nSPS) is 10.9. The lowest BCUT2D eigenvalue weighted by Gasteiger charge is -2.11. The van der Waals surface area contributed by atoms with E-state index in [-0.39, 0.29) is 18.6 Å². The average molecular weight is 335 g/mol. The van der Waals surface area contributed by atoms with E-state index in [0.29, 0.717) is 11.6 Å². The third-order valence-corrected chi connectivity index (χ3v) is 3.71. The smallest absolute Gasteiger partial charge is 0.258 e. The van der Waals surface area contributed by atoms with Gasteiger partial charge in [-0.15, -0.1) is 0 Å². The Morgan fingerprint density at radius 2 is 1.92 bits per heavy atom. The molecule has 5 nitrogen and oxygen atoms in total. The number of nitrogens with zero attached hydrogens (tertiary/aromatic N) is 2. The number of carbonyl (C=O) groups excluding carboxylic acids is 1. The van der Waals surface area contributed by atoms with Crippen LogP contribution >= 0.6 is 0 Å². The highest BCUT2D eigenvalue weighted by Crippen LogP contribution is 2.24. The Morgan fingerprint density at radius 3 is 2.72 bits per heavy atom. The van der Waals surface area contributed by atoms with Gasteiger partial charge in [-0.2, -0.15) is 0 Å². The lowest BCUT2D eigenvalue weighted by atomic mass is 10.1. The lowest BCUT2D eigenvalue weighted by Crippen LogP contribution is -2.34. The molecule has 3 rings (SSSR count). The molecule has 1 N–H and O–H groups in total. The summed E-state index contributed by atoms with van der Waals surface area (Å²) in [6, 6.07) is 15.5. The van der Waals surface area contributed by atoms with E-state index in [1.165, 1.54) is 0 Å². The first-order valence-corrected chi connectivity index (χ1v) is 8.29. The van der Waals surface area contributed by atoms with Gasteiger partial charge in [-0.1, -0.05) is 30.3 Å². The predicted molar refractivity (Wildman–Crippen MR) is 98.5 cm³/mol. The fraction of sp³-hybridized carbons (Fsp3) is 0.250. The van der Waals surface area contributed by atoms with Crippen molar-refractivity contribution in [3.8, 4) is 17.1 Å². The quantitative estimate of drug-likeness (QED) is 0.775. The number of aromatic nitrogens is 2. The van der Waals surface area contributed by atoms with Gasteiger partial charge in [0.25, 0.3) is 5.91 Å². The summed E-state index contributed by atoms with van der Waals surface area (Å²) >= 11 is 0. The van der Waals surface area contributed by atoms with Gasteiger partial charge in [-0.05, 0) is 39.0 Å². The van der Waals surface area contributed by atoms with Crippen molar-refractivity contribution in [1.82, 2.24) is 15.3 Å². The van der Waals surface area contributed by atoms with Crippen LogP contribution in [0.1, 0.15) is 19.5 Å². The van der Waals surface area contributed by atoms with Gasteiger partial charge < -0.3 is 10.1 Å². The highest BCUT2D eigenvalue weighted by Gasteiger charge is 2.09. The molecule has 0 unspecified atom stereocenters. The number of carbonyl (C=O) groups is 1. The molecule has 1 amide bonds. The zero-order valence-electron chi connectivity index (χ0n) is 14.6. The van der Waals surface area contributed by atoms with Gasteiger partial charge in [0.05, 0.1) is 5.52 Å². The zero-order valence-corrected chi connectivity index (χ0v) is 14.6. The number of benzene rings is 2. The maximum Gasteiger partial charge on any atom is 0.258 e. The van der Waals surface area contributed by atoms with Crippen molar-refractivity contribution in [2.45, 2.75) is 26.8 Å². The third-order valence-electron chi connectivity index (χ3n) is 3.71. The van der Waals surface area contributed by atoms with E-state index in [0.717, 1.165) is 22.2 Å². The molecule has 5 heteroatoms. The highest BCUT2D eigenvalue weighted by atomic mass is 16.5. The number of ether oxygens (including phenoxy) is 1. The fourth-order valence-electron chi connectivity index (χ4n) is 2.60. The Hall–Kier alpha value is -2.95. The maximum atomic E-state index is 11.7. The van der Waals surface area contributed by atoms with Crippen LogP contribution < -0.4 is 10.1 Å². The van der Waals surface area contributed by atoms with E-state index in [4.69, 9.17) is 4.74 Å². The standard InChI is InChI=1S/C20H21N3O2/c1-13(2)21-19(24)12-25-16-8-6-7-15(11-16)20-22-14(3)17-9-4-5-10-18(17)23-20/h4-11,13H,12H2,1-3H3,(H,21,24). The summed E-state index contributed by atoms with van der Waals surface area (Å²) in [5.74, 6) is 1.12. The molecule has 0 fully saturated rings. The molecule has 0 radical (unpaired) electrons. The maximum absolute atomic E-state index is 11.7. The van der Waals surface area contributed by atoms with Crippen LogP contribution in [0.5, 0.6) is 5.75 Å². The number of rotatable bonds is 5. The minimum absolute atomic E-state index is 0.0146. The molecule has 0 aliphatic rings. The third kappa shape index (κ3) is 4.12. The van der Waals surface area contributed by atoms with Gasteiger partial charge in [0.2, 0.25) is 0 Å². The Kier molecular flexibility index (Phi) is 4.93. The number of amides is 1. The first-order valence-electron chi connectivity index (χ1n) is 8.29. The topological polar surface area (TPSA) is 64.1 Å². The Labute approximate surface area is 147 Å². The average Bonchev–Trinajstić information content (AvgIpc) is 2.60. The fourth-order valence-corrected chi connectivity index (χ4v) is 2.60. The number of fused-ring (bicyclic) bond motifs is 1. The molecule has 0 atom stereocenters. The van der Waals surface area contributed by atoms with Crippen LogP contribution in [-0.2, 0) is 4.79 Å². The van der Waals surface area contributed by atoms with Crippen molar-refractivity contribution in [2.75, 3.05) is 6.61 Å². The molecule has 0 spiro atoms. The van der Waals surface area contributed by atoms with Crippen LogP contribution in [0.25, 0.3) is 22.3 Å². The molecule has 0 aliphatic heterocycles. The van der Waals surface area contributed by atoms with Gasteiger partial charge in [-0.25, -0.2) is 9.97 Å². The highest BCUT2D eigenvalue weighted by molar-refractivity contribution is 5.82. The van der Waals surface area contributed by atoms with Crippen LogP contribution in [0, 0.1) is 6.92 Å². The molecule has 1 heterocycles. The van der Waals surface area contributed by atoms with Gasteiger partial charge in [0, 0.05) is 22.7 Å². The van der Waals surface area contributed by atoms with E-state index in [1.807, 2.05) is 69.3 Å². The van der Waals surface area contributed by atoms with E-state index >= 15 is 0 Å². The molecule has 1 aromatic heterocycles. The zero-order chi connectivity index (χ0) is 17.8. The molecule has 0 saturated heterocycles. The predicted octanol–water partition coefficient (Wildman–Crippen LogP) is 3.51. The van der Waals surface area contributed by atoms with Crippen LogP contribution in [0.2, 0.25) is 0 Å². The molecule has 128 valence electrons. The lowest BCUT2D eigenvalue weighted by molar-refractivity contribution is -0.123. The first-order chi connectivity index (χ1) is 12.0. The molecule has 2 aromatic carbocycles. The molecule has 25 heavy (non-hydrogen) atoms. The second-order valence-electron chi connectivity index (χ2n) is 6.19. The summed E-state index contributed by atoms with van der Waals surface area (Å²) in [6.07, 6.45) is 0. The van der Waals surface area contributed by atoms with E-state index < -0.39 is 0 Å². The number of nitrogens with one attached hydrogen (secondary N) is 1. The van der Waals surface area contributed by atoms with Crippen LogP contribution in [0.4, 0.5) is 0 Å². The summed E-state index contributed by atoms with van der Waals surface area (Å²) in [5, 5.41) is 3.84. The van der Waals surface area contributed by atoms with Gasteiger partial charge in [-0.3, -0.25) is 4.79 Å². The molecule has 0 aliphatic carbocycles. The minimum Gasteiger partial charge on any atom is -0.484 e. The summed E-state index contributed by atoms with van der Waals surface area (Å²) in [4.78, 5) is 20.9. The number of para-hydroxylation sites is 1. The number of hydrogen-bond acceptors (Lipinski definition) is 4. The van der Waals surface area contributed by atoms with Gasteiger partial charge >= 0.3 is 0 Å². The monoisotopic (exact) mass is 335 g/mol. The molecule has 3 aromatic rings. The molecule has 0 saturated carbocycles. The summed E-state index contributed by atoms with van der Waals surface area (Å²) in [5.41, 5.74) is 2.70. The van der Waals surface area contributed by atoms with Crippen molar-refractivity contribution in [2.24, 2.45) is 0 Å². The van der Waals surface area contributed by atoms with E-state index in [1.54, 1.807) is 0 Å². The van der Waals surface area contributed by atoms with Crippen molar-refractivity contribution in [3.05, 3.63) is 54.2 Å². The SMILES string of the molecule is Cc1nc(-c2cccc(OCC(=O)NC(C)C)c2)nc2ccccc12. The van der Waals surface area contributed by atoms with Crippen molar-refractivity contribution < 1.29 is 9.53 Å². The van der Waals surface area contributed by atoms with Gasteiger partial charge in [0.15, 0.2) is 12.4 Å². The van der Waals surface area contributed by atoms with Crippen molar-refractivity contribution >= 4 is 16.8 Å². The largest absolute Gasteiger partial charge is 0.484 e. The minimum atomic E-state index is -0.141. The van der Waals surface area contributed by atoms with Crippen molar-refractivity contribution in [1.29, 1.82) is 0 Å². The number of aryl methyl sites for hydroxylation is 1.